The van der Waals surface area contributed by atoms with Crippen LogP contribution in [-0.4, -0.2) is 21.0 Å². The van der Waals surface area contributed by atoms with Crippen molar-refractivity contribution in [1.29, 1.82) is 0 Å². The molecule has 0 spiro atoms. The summed E-state index contributed by atoms with van der Waals surface area (Å²) in [5, 5.41) is 8.91. The normalized spacial score (nSPS) is 16.3. The third-order valence-electron chi connectivity index (χ3n) is 2.63. The quantitative estimate of drug-likeness (QED) is 0.732. The molecular formula is C9H11N3O2. The van der Waals surface area contributed by atoms with Gasteiger partial charge in [0.05, 0.1) is 0 Å². The molecule has 3 N–H and O–H groups in total. The number of hydrogen-bond acceptors (Lipinski definition) is 4. The molecule has 0 unspecified atom stereocenters. The van der Waals surface area contributed by atoms with Gasteiger partial charge in [-0.1, -0.05) is 6.42 Å². The van der Waals surface area contributed by atoms with Crippen molar-refractivity contribution in [2.24, 2.45) is 0 Å². The van der Waals surface area contributed by atoms with E-state index in [-0.39, 0.29) is 11.6 Å². The zero-order chi connectivity index (χ0) is 10.1. The van der Waals surface area contributed by atoms with Crippen molar-refractivity contribution in [1.82, 2.24) is 9.97 Å². The van der Waals surface area contributed by atoms with E-state index >= 15 is 0 Å². The van der Waals surface area contributed by atoms with Crippen LogP contribution in [0.15, 0.2) is 6.33 Å². The van der Waals surface area contributed by atoms with Gasteiger partial charge in [-0.15, -0.1) is 0 Å². The van der Waals surface area contributed by atoms with E-state index in [2.05, 4.69) is 9.97 Å². The number of carboxylic acid groups (broad SMARTS) is 1. The highest BCUT2D eigenvalue weighted by atomic mass is 16.4. The first-order valence-electron chi connectivity index (χ1n) is 4.54. The second kappa shape index (κ2) is 3.25. The number of carboxylic acids is 1. The summed E-state index contributed by atoms with van der Waals surface area (Å²) in [4.78, 5) is 18.5. The van der Waals surface area contributed by atoms with Gasteiger partial charge in [-0.3, -0.25) is 0 Å². The Morgan fingerprint density at radius 3 is 2.71 bits per heavy atom. The van der Waals surface area contributed by atoms with E-state index in [1.807, 2.05) is 0 Å². The first-order valence-corrected chi connectivity index (χ1v) is 4.54. The number of nitrogen functional groups attached to an aromatic ring is 1. The lowest BCUT2D eigenvalue weighted by molar-refractivity contribution is 0.0687. The van der Waals surface area contributed by atoms with Crippen LogP contribution in [0.1, 0.15) is 41.2 Å². The first kappa shape index (κ1) is 8.93. The van der Waals surface area contributed by atoms with E-state index in [0.29, 0.717) is 11.4 Å². The Labute approximate surface area is 81.0 Å². The first-order chi connectivity index (χ1) is 6.70. The van der Waals surface area contributed by atoms with Gasteiger partial charge >= 0.3 is 5.97 Å². The Bertz CT molecular complexity index is 374. The van der Waals surface area contributed by atoms with E-state index < -0.39 is 5.97 Å². The fourth-order valence-electron chi connectivity index (χ4n) is 1.68. The minimum atomic E-state index is -1.03. The zero-order valence-corrected chi connectivity index (χ0v) is 7.60. The predicted octanol–water partition coefficient (Wildman–Crippen LogP) is 1.02. The van der Waals surface area contributed by atoms with E-state index in [4.69, 9.17) is 10.8 Å². The Morgan fingerprint density at radius 1 is 1.50 bits per heavy atom. The zero-order valence-electron chi connectivity index (χ0n) is 7.60. The van der Waals surface area contributed by atoms with Crippen molar-refractivity contribution in [3.05, 3.63) is 17.6 Å². The highest BCUT2D eigenvalue weighted by molar-refractivity contribution is 5.88. The SMILES string of the molecule is Nc1ncnc(C(=O)O)c1C1CCC1. The van der Waals surface area contributed by atoms with Gasteiger partial charge < -0.3 is 10.8 Å². The molecule has 0 aliphatic heterocycles. The lowest BCUT2D eigenvalue weighted by Gasteiger charge is -2.26. The minimum Gasteiger partial charge on any atom is -0.476 e. The van der Waals surface area contributed by atoms with Gasteiger partial charge in [0.2, 0.25) is 0 Å². The molecule has 0 radical (unpaired) electrons. The molecule has 0 atom stereocenters. The Hall–Kier alpha value is -1.65. The molecule has 0 bridgehead atoms. The summed E-state index contributed by atoms with van der Waals surface area (Å²) in [6.07, 6.45) is 4.29. The van der Waals surface area contributed by atoms with Gasteiger partial charge in [0.15, 0.2) is 5.69 Å². The number of anilines is 1. The van der Waals surface area contributed by atoms with Gasteiger partial charge in [-0.2, -0.15) is 0 Å². The smallest absolute Gasteiger partial charge is 0.354 e. The second-order valence-electron chi connectivity index (χ2n) is 3.45. The van der Waals surface area contributed by atoms with Crippen LogP contribution >= 0.6 is 0 Å². The van der Waals surface area contributed by atoms with Crippen LogP contribution in [0, 0.1) is 0 Å². The lowest BCUT2D eigenvalue weighted by atomic mass is 9.79. The number of nitrogens with zero attached hydrogens (tertiary/aromatic N) is 2. The average Bonchev–Trinajstić information content (AvgIpc) is 2.04. The Kier molecular flexibility index (Phi) is 2.07. The predicted molar refractivity (Wildman–Crippen MR) is 50.0 cm³/mol. The van der Waals surface area contributed by atoms with Crippen molar-refractivity contribution >= 4 is 11.8 Å². The summed E-state index contributed by atoms with van der Waals surface area (Å²) in [7, 11) is 0. The number of nitrogens with two attached hydrogens (primary N) is 1. The number of aromatic carboxylic acids is 1. The summed E-state index contributed by atoms with van der Waals surface area (Å²) in [6, 6.07) is 0. The fraction of sp³-hybridized carbons (Fsp3) is 0.444. The molecule has 1 heterocycles. The standard InChI is InChI=1S/C9H11N3O2/c10-8-6(5-2-1-3-5)7(9(13)14)11-4-12-8/h4-5H,1-3H2,(H,13,14)(H2,10,11,12). The van der Waals surface area contributed by atoms with Gasteiger partial charge in [0.25, 0.3) is 0 Å². The van der Waals surface area contributed by atoms with Crippen LogP contribution in [0.5, 0.6) is 0 Å². The number of rotatable bonds is 2. The van der Waals surface area contributed by atoms with E-state index in [1.165, 1.54) is 6.33 Å². The molecule has 5 heteroatoms. The van der Waals surface area contributed by atoms with Crippen molar-refractivity contribution in [2.75, 3.05) is 5.73 Å². The average molecular weight is 193 g/mol. The Morgan fingerprint density at radius 2 is 2.21 bits per heavy atom. The summed E-state index contributed by atoms with van der Waals surface area (Å²) in [5.74, 6) is -0.481. The van der Waals surface area contributed by atoms with Crippen molar-refractivity contribution in [3.8, 4) is 0 Å². The van der Waals surface area contributed by atoms with Crippen molar-refractivity contribution < 1.29 is 9.90 Å². The third-order valence-corrected chi connectivity index (χ3v) is 2.63. The minimum absolute atomic E-state index is 0.0576. The molecule has 1 aliphatic rings. The van der Waals surface area contributed by atoms with Crippen LogP contribution in [0.25, 0.3) is 0 Å². The van der Waals surface area contributed by atoms with Gasteiger partial charge in [-0.25, -0.2) is 14.8 Å². The molecule has 1 aromatic rings. The molecule has 1 fully saturated rings. The molecule has 1 aliphatic carbocycles. The molecule has 14 heavy (non-hydrogen) atoms. The maximum atomic E-state index is 10.9. The largest absolute Gasteiger partial charge is 0.476 e. The van der Waals surface area contributed by atoms with Crippen molar-refractivity contribution in [3.63, 3.8) is 0 Å². The fourth-order valence-corrected chi connectivity index (χ4v) is 1.68. The molecule has 0 saturated heterocycles. The number of carbonyl (C=O) groups is 1. The van der Waals surface area contributed by atoms with E-state index in [0.717, 1.165) is 19.3 Å². The highest BCUT2D eigenvalue weighted by Crippen LogP contribution is 2.39. The number of aromatic nitrogens is 2. The van der Waals surface area contributed by atoms with Gasteiger partial charge in [0.1, 0.15) is 12.1 Å². The maximum absolute atomic E-state index is 10.9. The molecule has 1 aromatic heterocycles. The molecule has 0 aromatic carbocycles. The molecule has 1 saturated carbocycles. The molecule has 5 nitrogen and oxygen atoms in total. The number of hydrogen-bond donors (Lipinski definition) is 2. The van der Waals surface area contributed by atoms with Crippen LogP contribution in [0.2, 0.25) is 0 Å². The van der Waals surface area contributed by atoms with E-state index in [1.54, 1.807) is 0 Å². The van der Waals surface area contributed by atoms with Gasteiger partial charge in [0, 0.05) is 5.56 Å². The summed E-state index contributed by atoms with van der Waals surface area (Å²) >= 11 is 0. The highest BCUT2D eigenvalue weighted by Gasteiger charge is 2.28. The molecule has 2 rings (SSSR count). The third kappa shape index (κ3) is 1.30. The Balaban J connectivity index is 2.47. The molecule has 74 valence electrons. The van der Waals surface area contributed by atoms with Gasteiger partial charge in [-0.05, 0) is 18.8 Å². The van der Waals surface area contributed by atoms with Crippen LogP contribution in [0.3, 0.4) is 0 Å². The summed E-state index contributed by atoms with van der Waals surface area (Å²) < 4.78 is 0. The summed E-state index contributed by atoms with van der Waals surface area (Å²) in [6.45, 7) is 0. The monoisotopic (exact) mass is 193 g/mol. The molecule has 0 amide bonds. The topological polar surface area (TPSA) is 89.1 Å². The van der Waals surface area contributed by atoms with Crippen LogP contribution in [-0.2, 0) is 0 Å². The van der Waals surface area contributed by atoms with Crippen LogP contribution < -0.4 is 5.73 Å². The lowest BCUT2D eigenvalue weighted by Crippen LogP contribution is -2.18. The van der Waals surface area contributed by atoms with E-state index in [9.17, 15) is 4.79 Å². The maximum Gasteiger partial charge on any atom is 0.354 e. The molecular weight excluding hydrogens is 182 g/mol. The van der Waals surface area contributed by atoms with Crippen LogP contribution in [0.4, 0.5) is 5.82 Å². The second-order valence-corrected chi connectivity index (χ2v) is 3.45. The van der Waals surface area contributed by atoms with Crippen molar-refractivity contribution in [2.45, 2.75) is 25.2 Å². The summed E-state index contributed by atoms with van der Waals surface area (Å²) in [5.41, 5.74) is 6.33.